The van der Waals surface area contributed by atoms with Crippen molar-refractivity contribution in [2.75, 3.05) is 6.61 Å². The Hall–Kier alpha value is -0.980. The van der Waals surface area contributed by atoms with Crippen molar-refractivity contribution in [3.63, 3.8) is 0 Å². The van der Waals surface area contributed by atoms with E-state index in [4.69, 9.17) is 4.74 Å². The largest absolute Gasteiger partial charge is 0.494 e. The van der Waals surface area contributed by atoms with Crippen LogP contribution in [0.3, 0.4) is 0 Å². The van der Waals surface area contributed by atoms with Crippen molar-refractivity contribution >= 4 is 0 Å². The SMILES string of the molecule is CCCCCCCCOc1ccc(CCC2CCC(CCCCC)CC2)c(C)c1. The summed E-state index contributed by atoms with van der Waals surface area (Å²) in [6, 6.07) is 6.78. The number of hydrogen-bond acceptors (Lipinski definition) is 1. The summed E-state index contributed by atoms with van der Waals surface area (Å²) in [5, 5.41) is 0. The summed E-state index contributed by atoms with van der Waals surface area (Å²) < 4.78 is 5.99. The van der Waals surface area contributed by atoms with Gasteiger partial charge in [0.25, 0.3) is 0 Å². The fourth-order valence-electron chi connectivity index (χ4n) is 4.96. The third-order valence-electron chi connectivity index (χ3n) is 7.08. The van der Waals surface area contributed by atoms with Gasteiger partial charge in [-0.05, 0) is 61.3 Å². The molecule has 1 aromatic carbocycles. The molecular weight excluding hydrogens is 352 g/mol. The number of unbranched alkanes of at least 4 members (excludes halogenated alkanes) is 7. The predicted octanol–water partition coefficient (Wildman–Crippen LogP) is 9.05. The molecule has 0 amide bonds. The monoisotopic (exact) mass is 400 g/mol. The highest BCUT2D eigenvalue weighted by molar-refractivity contribution is 5.34. The van der Waals surface area contributed by atoms with Crippen molar-refractivity contribution in [1.29, 1.82) is 0 Å². The molecule has 0 saturated heterocycles. The molecule has 29 heavy (non-hydrogen) atoms. The first-order valence-electron chi connectivity index (χ1n) is 12.9. The Bertz CT molecular complexity index is 527. The lowest BCUT2D eigenvalue weighted by Crippen LogP contribution is -2.15. The molecule has 1 aromatic rings. The van der Waals surface area contributed by atoms with Gasteiger partial charge in [0.15, 0.2) is 0 Å². The second-order valence-electron chi connectivity index (χ2n) is 9.63. The van der Waals surface area contributed by atoms with Gasteiger partial charge >= 0.3 is 0 Å². The number of hydrogen-bond donors (Lipinski definition) is 0. The molecule has 0 N–H and O–H groups in total. The highest BCUT2D eigenvalue weighted by Gasteiger charge is 2.20. The lowest BCUT2D eigenvalue weighted by molar-refractivity contribution is 0.249. The lowest BCUT2D eigenvalue weighted by Gasteiger charge is -2.28. The molecule has 0 radical (unpaired) electrons. The number of ether oxygens (including phenoxy) is 1. The van der Waals surface area contributed by atoms with E-state index in [-0.39, 0.29) is 0 Å². The van der Waals surface area contributed by atoms with Gasteiger partial charge in [0, 0.05) is 0 Å². The van der Waals surface area contributed by atoms with E-state index >= 15 is 0 Å². The van der Waals surface area contributed by atoms with E-state index in [1.54, 1.807) is 0 Å². The summed E-state index contributed by atoms with van der Waals surface area (Å²) in [6.45, 7) is 7.71. The van der Waals surface area contributed by atoms with Gasteiger partial charge in [-0.3, -0.25) is 0 Å². The minimum absolute atomic E-state index is 0.867. The fourth-order valence-corrected chi connectivity index (χ4v) is 4.96. The maximum atomic E-state index is 5.99. The first-order valence-corrected chi connectivity index (χ1v) is 12.9. The topological polar surface area (TPSA) is 9.23 Å². The molecule has 0 spiro atoms. The van der Waals surface area contributed by atoms with E-state index in [9.17, 15) is 0 Å². The molecule has 2 rings (SSSR count). The minimum Gasteiger partial charge on any atom is -0.494 e. The number of aryl methyl sites for hydroxylation is 2. The third-order valence-corrected chi connectivity index (χ3v) is 7.08. The molecule has 0 bridgehead atoms. The highest BCUT2D eigenvalue weighted by atomic mass is 16.5. The van der Waals surface area contributed by atoms with Crippen molar-refractivity contribution in [2.45, 2.75) is 124 Å². The van der Waals surface area contributed by atoms with E-state index in [2.05, 4.69) is 39.0 Å². The predicted molar refractivity (Wildman–Crippen MR) is 128 cm³/mol. The third kappa shape index (κ3) is 10.1. The van der Waals surface area contributed by atoms with E-state index in [0.29, 0.717) is 0 Å². The van der Waals surface area contributed by atoms with Gasteiger partial charge < -0.3 is 4.74 Å². The van der Waals surface area contributed by atoms with Crippen molar-refractivity contribution in [3.8, 4) is 5.75 Å². The van der Waals surface area contributed by atoms with Crippen LogP contribution in [0.4, 0.5) is 0 Å². The van der Waals surface area contributed by atoms with Crippen LogP contribution in [0.15, 0.2) is 18.2 Å². The average molecular weight is 401 g/mol. The molecule has 0 heterocycles. The summed E-state index contributed by atoms with van der Waals surface area (Å²) in [6.07, 6.45) is 22.2. The lowest BCUT2D eigenvalue weighted by atomic mass is 9.77. The second kappa shape index (κ2) is 14.9. The van der Waals surface area contributed by atoms with Crippen LogP contribution in [0.2, 0.25) is 0 Å². The molecule has 0 atom stereocenters. The molecule has 1 heteroatoms. The van der Waals surface area contributed by atoms with Crippen LogP contribution in [-0.2, 0) is 6.42 Å². The van der Waals surface area contributed by atoms with Crippen LogP contribution in [0.1, 0.15) is 121 Å². The zero-order valence-electron chi connectivity index (χ0n) is 19.8. The summed E-state index contributed by atoms with van der Waals surface area (Å²) in [4.78, 5) is 0. The highest BCUT2D eigenvalue weighted by Crippen LogP contribution is 2.34. The average Bonchev–Trinajstić information content (AvgIpc) is 2.73. The first-order chi connectivity index (χ1) is 14.2. The standard InChI is InChI=1S/C28H48O/c1-4-6-8-9-10-12-22-29-28-21-20-27(24(3)23-28)19-18-26-16-14-25(15-17-26)13-11-7-5-2/h20-21,23,25-26H,4-19,22H2,1-3H3. The zero-order valence-corrected chi connectivity index (χ0v) is 19.8. The Balaban J connectivity index is 1.61. The Morgan fingerprint density at radius 1 is 0.759 bits per heavy atom. The van der Waals surface area contributed by atoms with Gasteiger partial charge in [0.1, 0.15) is 5.75 Å². The van der Waals surface area contributed by atoms with E-state index in [0.717, 1.165) is 24.2 Å². The summed E-state index contributed by atoms with van der Waals surface area (Å²) >= 11 is 0. The van der Waals surface area contributed by atoms with Crippen molar-refractivity contribution in [2.24, 2.45) is 11.8 Å². The van der Waals surface area contributed by atoms with Crippen LogP contribution in [0.5, 0.6) is 5.75 Å². The zero-order chi connectivity index (χ0) is 20.7. The van der Waals surface area contributed by atoms with Crippen molar-refractivity contribution in [1.82, 2.24) is 0 Å². The van der Waals surface area contributed by atoms with Gasteiger partial charge in [0.05, 0.1) is 6.61 Å². The number of rotatable bonds is 15. The van der Waals surface area contributed by atoms with Crippen molar-refractivity contribution in [3.05, 3.63) is 29.3 Å². The fraction of sp³-hybridized carbons (Fsp3) is 0.786. The summed E-state index contributed by atoms with van der Waals surface area (Å²) in [7, 11) is 0. The summed E-state index contributed by atoms with van der Waals surface area (Å²) in [5.41, 5.74) is 2.95. The maximum absolute atomic E-state index is 5.99. The van der Waals surface area contributed by atoms with E-state index in [1.165, 1.54) is 114 Å². The normalized spacial score (nSPS) is 19.4. The number of benzene rings is 1. The van der Waals surface area contributed by atoms with Crippen LogP contribution >= 0.6 is 0 Å². The van der Waals surface area contributed by atoms with Crippen molar-refractivity contribution < 1.29 is 4.74 Å². The molecule has 166 valence electrons. The second-order valence-corrected chi connectivity index (χ2v) is 9.63. The smallest absolute Gasteiger partial charge is 0.119 e. The Morgan fingerprint density at radius 2 is 1.38 bits per heavy atom. The first kappa shape index (κ1) is 24.3. The van der Waals surface area contributed by atoms with Crippen LogP contribution in [0.25, 0.3) is 0 Å². The molecular formula is C28H48O. The van der Waals surface area contributed by atoms with E-state index in [1.807, 2.05) is 0 Å². The van der Waals surface area contributed by atoms with Gasteiger partial charge in [-0.1, -0.05) is 103 Å². The Kier molecular flexibility index (Phi) is 12.5. The molecule has 0 unspecified atom stereocenters. The van der Waals surface area contributed by atoms with Crippen LogP contribution in [-0.4, -0.2) is 6.61 Å². The Labute approximate surface area is 182 Å². The van der Waals surface area contributed by atoms with Gasteiger partial charge in [0.2, 0.25) is 0 Å². The van der Waals surface area contributed by atoms with Gasteiger partial charge in [-0.25, -0.2) is 0 Å². The molecule has 1 saturated carbocycles. The van der Waals surface area contributed by atoms with Gasteiger partial charge in [-0.2, -0.15) is 0 Å². The summed E-state index contributed by atoms with van der Waals surface area (Å²) in [5.74, 6) is 3.05. The van der Waals surface area contributed by atoms with Gasteiger partial charge in [-0.15, -0.1) is 0 Å². The molecule has 0 aromatic heterocycles. The van der Waals surface area contributed by atoms with Crippen LogP contribution in [0, 0.1) is 18.8 Å². The molecule has 0 aliphatic heterocycles. The molecule has 1 nitrogen and oxygen atoms in total. The minimum atomic E-state index is 0.867. The molecule has 1 aliphatic rings. The van der Waals surface area contributed by atoms with Crippen LogP contribution < -0.4 is 4.74 Å². The molecule has 1 aliphatic carbocycles. The Morgan fingerprint density at radius 3 is 2.07 bits per heavy atom. The maximum Gasteiger partial charge on any atom is 0.119 e. The quantitative estimate of drug-likeness (QED) is 0.267. The molecule has 1 fully saturated rings. The van der Waals surface area contributed by atoms with E-state index < -0.39 is 0 Å².